The van der Waals surface area contributed by atoms with Crippen molar-refractivity contribution in [3.05, 3.63) is 53.1 Å². The van der Waals surface area contributed by atoms with Crippen LogP contribution in [0.25, 0.3) is 0 Å². The minimum Gasteiger partial charge on any atom is -0.492 e. The number of aryl methyl sites for hydroxylation is 2. The zero-order chi connectivity index (χ0) is 22.6. The third-order valence-corrected chi connectivity index (χ3v) is 8.06. The molecule has 1 unspecified atom stereocenters. The number of hydrogen-bond donors (Lipinski definition) is 1. The van der Waals surface area contributed by atoms with Crippen molar-refractivity contribution in [3.63, 3.8) is 0 Å². The summed E-state index contributed by atoms with van der Waals surface area (Å²) in [6.07, 6.45) is 5.06. The molecule has 1 aliphatic rings. The number of nitrogens with zero attached hydrogens (tertiary/aromatic N) is 1. The van der Waals surface area contributed by atoms with Crippen LogP contribution in [0.5, 0.6) is 5.75 Å². The SMILES string of the molecule is CCc1ccc2c(c1)CCC(CC)N2S(=O)(=O)c1ccc(OCCSC)c(C(=O)O)c1. The summed E-state index contributed by atoms with van der Waals surface area (Å²) in [7, 11) is -3.94. The first-order chi connectivity index (χ1) is 14.8. The summed E-state index contributed by atoms with van der Waals surface area (Å²) in [6, 6.07) is 9.86. The van der Waals surface area contributed by atoms with Gasteiger partial charge in [-0.1, -0.05) is 26.0 Å². The minimum absolute atomic E-state index is 0.0343. The lowest BCUT2D eigenvalue weighted by Gasteiger charge is -2.37. The zero-order valence-corrected chi connectivity index (χ0v) is 19.8. The summed E-state index contributed by atoms with van der Waals surface area (Å²) in [5.41, 5.74) is 2.73. The van der Waals surface area contributed by atoms with Crippen molar-refractivity contribution in [2.75, 3.05) is 22.9 Å². The third-order valence-electron chi connectivity index (χ3n) is 5.62. The molecule has 0 saturated heterocycles. The molecule has 1 aliphatic heterocycles. The van der Waals surface area contributed by atoms with E-state index in [-0.39, 0.29) is 22.3 Å². The summed E-state index contributed by atoms with van der Waals surface area (Å²) >= 11 is 1.59. The van der Waals surface area contributed by atoms with Gasteiger partial charge >= 0.3 is 5.97 Å². The van der Waals surface area contributed by atoms with Gasteiger partial charge in [0.2, 0.25) is 0 Å². The van der Waals surface area contributed by atoms with Crippen molar-refractivity contribution in [1.29, 1.82) is 0 Å². The molecule has 2 aromatic carbocycles. The summed E-state index contributed by atoms with van der Waals surface area (Å²) in [6.45, 7) is 4.40. The van der Waals surface area contributed by atoms with Gasteiger partial charge in [-0.25, -0.2) is 13.2 Å². The maximum absolute atomic E-state index is 13.7. The van der Waals surface area contributed by atoms with Crippen LogP contribution in [0.3, 0.4) is 0 Å². The van der Waals surface area contributed by atoms with E-state index in [1.54, 1.807) is 11.8 Å². The predicted octanol–water partition coefficient (Wildman–Crippen LogP) is 4.61. The van der Waals surface area contributed by atoms with Crippen molar-refractivity contribution in [3.8, 4) is 5.75 Å². The number of aromatic carboxylic acids is 1. The molecule has 0 aromatic heterocycles. The summed E-state index contributed by atoms with van der Waals surface area (Å²) in [5.74, 6) is -0.323. The van der Waals surface area contributed by atoms with Crippen molar-refractivity contribution < 1.29 is 23.1 Å². The van der Waals surface area contributed by atoms with E-state index in [0.29, 0.717) is 24.5 Å². The molecule has 6 nitrogen and oxygen atoms in total. The second kappa shape index (κ2) is 9.96. The lowest BCUT2D eigenvalue weighted by atomic mass is 9.94. The topological polar surface area (TPSA) is 83.9 Å². The van der Waals surface area contributed by atoms with Crippen LogP contribution in [-0.2, 0) is 22.9 Å². The number of thioether (sulfide) groups is 1. The molecule has 0 saturated carbocycles. The van der Waals surface area contributed by atoms with E-state index in [0.717, 1.165) is 24.8 Å². The molecule has 3 rings (SSSR count). The molecule has 0 amide bonds. The highest BCUT2D eigenvalue weighted by Gasteiger charge is 2.36. The molecule has 0 fully saturated rings. The highest BCUT2D eigenvalue weighted by Crippen LogP contribution is 2.38. The minimum atomic E-state index is -3.94. The van der Waals surface area contributed by atoms with Crippen molar-refractivity contribution in [2.45, 2.75) is 50.5 Å². The van der Waals surface area contributed by atoms with Crippen LogP contribution in [0.2, 0.25) is 0 Å². The van der Waals surface area contributed by atoms with E-state index in [2.05, 4.69) is 13.0 Å². The molecular formula is C23H29NO5S2. The normalized spacial score (nSPS) is 16.1. The number of ether oxygens (including phenoxy) is 1. The third kappa shape index (κ3) is 4.85. The van der Waals surface area contributed by atoms with Gasteiger partial charge in [0, 0.05) is 11.8 Å². The average molecular weight is 464 g/mol. The Hall–Kier alpha value is -2.19. The molecule has 31 heavy (non-hydrogen) atoms. The fraction of sp³-hybridized carbons (Fsp3) is 0.435. The Morgan fingerprint density at radius 3 is 2.65 bits per heavy atom. The Kier molecular flexibility index (Phi) is 7.54. The highest BCUT2D eigenvalue weighted by atomic mass is 32.2. The Morgan fingerprint density at radius 1 is 1.23 bits per heavy atom. The number of rotatable bonds is 9. The van der Waals surface area contributed by atoms with Gasteiger partial charge in [0.25, 0.3) is 10.0 Å². The van der Waals surface area contributed by atoms with Gasteiger partial charge in [-0.15, -0.1) is 0 Å². The van der Waals surface area contributed by atoms with Gasteiger partial charge in [0.1, 0.15) is 11.3 Å². The summed E-state index contributed by atoms with van der Waals surface area (Å²) in [5, 5.41) is 9.64. The molecular weight excluding hydrogens is 434 g/mol. The van der Waals surface area contributed by atoms with Crippen LogP contribution >= 0.6 is 11.8 Å². The largest absolute Gasteiger partial charge is 0.492 e. The summed E-state index contributed by atoms with van der Waals surface area (Å²) in [4.78, 5) is 11.8. The van der Waals surface area contributed by atoms with Crippen LogP contribution in [0.15, 0.2) is 41.3 Å². The number of sulfonamides is 1. The molecule has 0 aliphatic carbocycles. The Balaban J connectivity index is 2.06. The van der Waals surface area contributed by atoms with Crippen molar-refractivity contribution >= 4 is 33.4 Å². The molecule has 1 N–H and O–H groups in total. The summed E-state index contributed by atoms with van der Waals surface area (Å²) < 4.78 is 34.5. The lowest BCUT2D eigenvalue weighted by molar-refractivity contribution is 0.0692. The number of anilines is 1. The van der Waals surface area contributed by atoms with E-state index in [1.165, 1.54) is 28.1 Å². The van der Waals surface area contributed by atoms with Gasteiger partial charge in [0.15, 0.2) is 0 Å². The fourth-order valence-corrected chi connectivity index (χ4v) is 5.98. The first-order valence-electron chi connectivity index (χ1n) is 10.5. The molecule has 2 aromatic rings. The Bertz CT molecular complexity index is 1050. The van der Waals surface area contributed by atoms with Crippen molar-refractivity contribution in [1.82, 2.24) is 0 Å². The van der Waals surface area contributed by atoms with E-state index in [9.17, 15) is 18.3 Å². The van der Waals surface area contributed by atoms with E-state index in [1.807, 2.05) is 25.3 Å². The van der Waals surface area contributed by atoms with Gasteiger partial charge < -0.3 is 9.84 Å². The molecule has 0 spiro atoms. The molecule has 0 radical (unpaired) electrons. The monoisotopic (exact) mass is 463 g/mol. The van der Waals surface area contributed by atoms with E-state index in [4.69, 9.17) is 4.74 Å². The van der Waals surface area contributed by atoms with Crippen LogP contribution in [0, 0.1) is 0 Å². The van der Waals surface area contributed by atoms with Gasteiger partial charge in [-0.3, -0.25) is 4.31 Å². The number of carboxylic acid groups (broad SMARTS) is 1. The predicted molar refractivity (Wildman–Crippen MR) is 125 cm³/mol. The number of carboxylic acids is 1. The van der Waals surface area contributed by atoms with Crippen LogP contribution in [0.4, 0.5) is 5.69 Å². The lowest BCUT2D eigenvalue weighted by Crippen LogP contribution is -2.43. The maximum Gasteiger partial charge on any atom is 0.339 e. The van der Waals surface area contributed by atoms with Gasteiger partial charge in [-0.2, -0.15) is 11.8 Å². The highest BCUT2D eigenvalue weighted by molar-refractivity contribution is 7.98. The number of benzene rings is 2. The quantitative estimate of drug-likeness (QED) is 0.547. The fourth-order valence-electron chi connectivity index (χ4n) is 3.92. The van der Waals surface area contributed by atoms with Crippen LogP contribution < -0.4 is 9.04 Å². The Morgan fingerprint density at radius 2 is 2.00 bits per heavy atom. The molecule has 8 heteroatoms. The van der Waals surface area contributed by atoms with Crippen LogP contribution in [-0.4, -0.2) is 44.2 Å². The smallest absolute Gasteiger partial charge is 0.339 e. The number of hydrogen-bond acceptors (Lipinski definition) is 5. The first-order valence-corrected chi connectivity index (χ1v) is 13.3. The Labute approximate surface area is 188 Å². The second-order valence-electron chi connectivity index (χ2n) is 7.52. The zero-order valence-electron chi connectivity index (χ0n) is 18.1. The molecule has 1 atom stereocenters. The average Bonchev–Trinajstić information content (AvgIpc) is 2.77. The second-order valence-corrected chi connectivity index (χ2v) is 10.3. The van der Waals surface area contributed by atoms with E-state index >= 15 is 0 Å². The molecule has 168 valence electrons. The van der Waals surface area contributed by atoms with Crippen LogP contribution in [0.1, 0.15) is 48.2 Å². The maximum atomic E-state index is 13.7. The van der Waals surface area contributed by atoms with Gasteiger partial charge in [0.05, 0.1) is 17.2 Å². The van der Waals surface area contributed by atoms with E-state index < -0.39 is 16.0 Å². The number of fused-ring (bicyclic) bond motifs is 1. The standard InChI is InChI=1S/C23H29NO5S2/c1-4-16-6-10-21-17(14-16)7-8-18(5-2)24(21)31(27,28)19-9-11-22(29-12-13-30-3)20(15-19)23(25)26/h6,9-11,14-15,18H,4-5,7-8,12-13H2,1-3H3,(H,25,26). The van der Waals surface area contributed by atoms with Crippen molar-refractivity contribution in [2.24, 2.45) is 0 Å². The first kappa shape index (κ1) is 23.5. The number of carbonyl (C=O) groups is 1. The molecule has 0 bridgehead atoms. The van der Waals surface area contributed by atoms with Gasteiger partial charge in [-0.05, 0) is 67.3 Å². The molecule has 1 heterocycles.